The van der Waals surface area contributed by atoms with Crippen molar-refractivity contribution in [3.63, 3.8) is 0 Å². The van der Waals surface area contributed by atoms with Crippen LogP contribution < -0.4 is 0 Å². The summed E-state index contributed by atoms with van der Waals surface area (Å²) in [7, 11) is 0. The van der Waals surface area contributed by atoms with Crippen molar-refractivity contribution in [2.45, 2.75) is 25.7 Å². The third-order valence-electron chi connectivity index (χ3n) is 2.73. The van der Waals surface area contributed by atoms with Crippen LogP contribution in [0.1, 0.15) is 36.2 Å². The molecule has 2 rings (SSSR count). The molecule has 0 aromatic heterocycles. The van der Waals surface area contributed by atoms with E-state index < -0.39 is 5.41 Å². The lowest BCUT2D eigenvalue weighted by Crippen LogP contribution is -2.14. The van der Waals surface area contributed by atoms with Crippen LogP contribution in [-0.4, -0.2) is 5.78 Å². The molecule has 4 heteroatoms. The van der Waals surface area contributed by atoms with Gasteiger partial charge in [-0.05, 0) is 22.0 Å². The summed E-state index contributed by atoms with van der Waals surface area (Å²) in [6.45, 7) is 3.70. The number of halogens is 3. The molecule has 0 fully saturated rings. The first-order valence-electron chi connectivity index (χ1n) is 4.56. The van der Waals surface area contributed by atoms with Gasteiger partial charge >= 0.3 is 0 Å². The molecule has 0 heterocycles. The Kier molecular flexibility index (Phi) is 2.43. The molecule has 1 aliphatic rings. The second-order valence-electron chi connectivity index (χ2n) is 4.39. The highest BCUT2D eigenvalue weighted by atomic mass is 79.9. The molecule has 0 atom stereocenters. The minimum Gasteiger partial charge on any atom is -0.294 e. The highest BCUT2D eigenvalue weighted by Crippen LogP contribution is 2.45. The lowest BCUT2D eigenvalue weighted by atomic mass is 9.86. The summed E-state index contributed by atoms with van der Waals surface area (Å²) in [6, 6.07) is 1.32. The van der Waals surface area contributed by atoms with E-state index in [1.165, 1.54) is 6.07 Å². The van der Waals surface area contributed by atoms with Gasteiger partial charge in [-0.1, -0.05) is 25.4 Å². The van der Waals surface area contributed by atoms with Crippen LogP contribution in [0.4, 0.5) is 4.39 Å². The van der Waals surface area contributed by atoms with E-state index in [1.54, 1.807) is 0 Å². The number of fused-ring (bicyclic) bond motifs is 1. The number of Topliss-reactive ketones (excluding diaryl/α,β-unsaturated/α-hetero) is 1. The van der Waals surface area contributed by atoms with Crippen LogP contribution in [0.3, 0.4) is 0 Å². The molecule has 0 N–H and O–H groups in total. The maximum absolute atomic E-state index is 13.8. The smallest absolute Gasteiger partial charge is 0.165 e. The van der Waals surface area contributed by atoms with Gasteiger partial charge in [0.2, 0.25) is 0 Å². The standard InChI is InChI=1S/C11H9BrClFO/c1-11(2)4-7(15)8-9(11)6(14)3-5(12)10(8)13/h3H,4H2,1-2H3. The Morgan fingerprint density at radius 1 is 1.53 bits per heavy atom. The van der Waals surface area contributed by atoms with Crippen molar-refractivity contribution in [2.24, 2.45) is 0 Å². The van der Waals surface area contributed by atoms with Crippen LogP contribution in [0.25, 0.3) is 0 Å². The van der Waals surface area contributed by atoms with E-state index in [-0.39, 0.29) is 11.6 Å². The maximum atomic E-state index is 13.8. The second-order valence-corrected chi connectivity index (χ2v) is 5.62. The SMILES string of the molecule is CC1(C)CC(=O)c2c(Cl)c(Br)cc(F)c21. The molecular weight excluding hydrogens is 282 g/mol. The predicted molar refractivity (Wildman–Crippen MR) is 61.1 cm³/mol. The second kappa shape index (κ2) is 3.29. The summed E-state index contributed by atoms with van der Waals surface area (Å²) in [5.41, 5.74) is 0.329. The number of benzene rings is 1. The first-order valence-corrected chi connectivity index (χ1v) is 5.73. The quantitative estimate of drug-likeness (QED) is 0.658. The van der Waals surface area contributed by atoms with Gasteiger partial charge in [-0.15, -0.1) is 0 Å². The van der Waals surface area contributed by atoms with E-state index in [0.717, 1.165) is 0 Å². The topological polar surface area (TPSA) is 17.1 Å². The zero-order chi connectivity index (χ0) is 11.4. The summed E-state index contributed by atoms with van der Waals surface area (Å²) < 4.78 is 14.2. The van der Waals surface area contributed by atoms with E-state index in [9.17, 15) is 9.18 Å². The van der Waals surface area contributed by atoms with Gasteiger partial charge in [0.25, 0.3) is 0 Å². The fraction of sp³-hybridized carbons (Fsp3) is 0.364. The zero-order valence-corrected chi connectivity index (χ0v) is 10.7. The fourth-order valence-corrected chi connectivity index (χ4v) is 2.75. The van der Waals surface area contributed by atoms with E-state index >= 15 is 0 Å². The van der Waals surface area contributed by atoms with Crippen LogP contribution in [0, 0.1) is 5.82 Å². The Balaban J connectivity index is 2.84. The highest BCUT2D eigenvalue weighted by molar-refractivity contribution is 9.10. The monoisotopic (exact) mass is 290 g/mol. The normalized spacial score (nSPS) is 18.1. The highest BCUT2D eigenvalue weighted by Gasteiger charge is 2.40. The number of hydrogen-bond acceptors (Lipinski definition) is 1. The molecule has 0 unspecified atom stereocenters. The van der Waals surface area contributed by atoms with Gasteiger partial charge in [-0.2, -0.15) is 0 Å². The van der Waals surface area contributed by atoms with Gasteiger partial charge in [0, 0.05) is 27.4 Å². The van der Waals surface area contributed by atoms with Crippen molar-refractivity contribution in [2.75, 3.05) is 0 Å². The summed E-state index contributed by atoms with van der Waals surface area (Å²) in [6.07, 6.45) is 0.315. The van der Waals surface area contributed by atoms with Crippen molar-refractivity contribution >= 4 is 33.3 Å². The average molecular weight is 292 g/mol. The first-order chi connectivity index (χ1) is 6.84. The number of rotatable bonds is 0. The maximum Gasteiger partial charge on any atom is 0.165 e. The molecule has 1 aromatic carbocycles. The van der Waals surface area contributed by atoms with Gasteiger partial charge in [0.15, 0.2) is 5.78 Å². The Hall–Kier alpha value is -0.410. The van der Waals surface area contributed by atoms with Crippen LogP contribution in [0.15, 0.2) is 10.5 Å². The third kappa shape index (κ3) is 1.53. The minimum absolute atomic E-state index is 0.0831. The van der Waals surface area contributed by atoms with Gasteiger partial charge in [-0.25, -0.2) is 4.39 Å². The van der Waals surface area contributed by atoms with E-state index in [4.69, 9.17) is 11.6 Å². The Bertz CT molecular complexity index is 468. The summed E-state index contributed by atoms with van der Waals surface area (Å²) in [5, 5.41) is 0.321. The van der Waals surface area contributed by atoms with Gasteiger partial charge < -0.3 is 0 Å². The van der Waals surface area contributed by atoms with Crippen molar-refractivity contribution in [3.05, 3.63) is 32.5 Å². The van der Waals surface area contributed by atoms with E-state index in [2.05, 4.69) is 15.9 Å². The molecule has 1 aliphatic carbocycles. The lowest BCUT2D eigenvalue weighted by Gasteiger charge is -2.18. The summed E-state index contributed by atoms with van der Waals surface area (Å²) >= 11 is 9.14. The van der Waals surface area contributed by atoms with Crippen molar-refractivity contribution < 1.29 is 9.18 Å². The molecule has 80 valence electrons. The molecule has 0 radical (unpaired) electrons. The lowest BCUT2D eigenvalue weighted by molar-refractivity contribution is 0.0979. The molecule has 0 spiro atoms. The molecule has 15 heavy (non-hydrogen) atoms. The Morgan fingerprint density at radius 2 is 2.13 bits per heavy atom. The number of ketones is 1. The molecule has 0 saturated carbocycles. The number of carbonyl (C=O) groups is 1. The van der Waals surface area contributed by atoms with E-state index in [1.807, 2.05) is 13.8 Å². The molecule has 0 bridgehead atoms. The zero-order valence-electron chi connectivity index (χ0n) is 8.33. The summed E-state index contributed by atoms with van der Waals surface area (Å²) in [4.78, 5) is 11.7. The molecule has 1 aromatic rings. The minimum atomic E-state index is -0.458. The van der Waals surface area contributed by atoms with Crippen molar-refractivity contribution in [1.82, 2.24) is 0 Å². The van der Waals surface area contributed by atoms with Crippen molar-refractivity contribution in [1.29, 1.82) is 0 Å². The predicted octanol–water partition coefficient (Wildman–Crippen LogP) is 4.11. The third-order valence-corrected chi connectivity index (χ3v) is 3.98. The molecular formula is C11H9BrClFO. The summed E-state index contributed by atoms with van der Waals surface area (Å²) in [5.74, 6) is -0.447. The molecule has 1 nitrogen and oxygen atoms in total. The van der Waals surface area contributed by atoms with Crippen LogP contribution in [-0.2, 0) is 5.41 Å². The molecule has 0 amide bonds. The molecule has 0 aliphatic heterocycles. The van der Waals surface area contributed by atoms with Gasteiger partial charge in [0.1, 0.15) is 5.82 Å². The average Bonchev–Trinajstić information content (AvgIpc) is 2.32. The Morgan fingerprint density at radius 3 is 2.73 bits per heavy atom. The van der Waals surface area contributed by atoms with Crippen LogP contribution >= 0.6 is 27.5 Å². The first kappa shape index (κ1) is 11.1. The van der Waals surface area contributed by atoms with Crippen LogP contribution in [0.2, 0.25) is 5.02 Å². The Labute approximate surface area is 101 Å². The number of carbonyl (C=O) groups excluding carboxylic acids is 1. The number of hydrogen-bond donors (Lipinski definition) is 0. The van der Waals surface area contributed by atoms with Gasteiger partial charge in [0.05, 0.1) is 5.02 Å². The van der Waals surface area contributed by atoms with Gasteiger partial charge in [-0.3, -0.25) is 4.79 Å². The molecule has 0 saturated heterocycles. The van der Waals surface area contributed by atoms with Crippen LogP contribution in [0.5, 0.6) is 0 Å². The van der Waals surface area contributed by atoms with Crippen molar-refractivity contribution in [3.8, 4) is 0 Å². The fourth-order valence-electron chi connectivity index (χ4n) is 2.10. The largest absolute Gasteiger partial charge is 0.294 e. The van der Waals surface area contributed by atoms with E-state index in [0.29, 0.717) is 27.0 Å².